The minimum absolute atomic E-state index is 0.108. The van der Waals surface area contributed by atoms with Crippen LogP contribution in [-0.2, 0) is 6.42 Å². The number of halogens is 1. The number of carbonyl (C=O) groups is 1. The van der Waals surface area contributed by atoms with E-state index in [-0.39, 0.29) is 5.91 Å². The number of rotatable bonds is 6. The van der Waals surface area contributed by atoms with Gasteiger partial charge < -0.3 is 5.32 Å². The van der Waals surface area contributed by atoms with E-state index in [1.165, 1.54) is 5.56 Å². The monoisotopic (exact) mass is 339 g/mol. The Morgan fingerprint density at radius 3 is 2.58 bits per heavy atom. The lowest BCUT2D eigenvalue weighted by molar-refractivity contribution is 0.0953. The Morgan fingerprint density at radius 2 is 1.83 bits per heavy atom. The van der Waals surface area contributed by atoms with Crippen molar-refractivity contribution in [3.8, 4) is 5.69 Å². The van der Waals surface area contributed by atoms with Crippen LogP contribution in [0.1, 0.15) is 22.3 Å². The van der Waals surface area contributed by atoms with Crippen LogP contribution in [0.2, 0.25) is 5.02 Å². The van der Waals surface area contributed by atoms with Crippen LogP contribution in [0.3, 0.4) is 0 Å². The fraction of sp³-hybridized carbons (Fsp3) is 0.158. The summed E-state index contributed by atoms with van der Waals surface area (Å²) in [5, 5.41) is 7.82. The van der Waals surface area contributed by atoms with E-state index in [9.17, 15) is 4.79 Å². The van der Waals surface area contributed by atoms with E-state index in [4.69, 9.17) is 11.6 Å². The second-order valence-corrected chi connectivity index (χ2v) is 5.93. The summed E-state index contributed by atoms with van der Waals surface area (Å²) in [5.74, 6) is -0.108. The molecule has 0 spiro atoms. The Morgan fingerprint density at radius 1 is 1.08 bits per heavy atom. The van der Waals surface area contributed by atoms with Gasteiger partial charge in [0.1, 0.15) is 0 Å². The van der Waals surface area contributed by atoms with Gasteiger partial charge in [-0.15, -0.1) is 0 Å². The molecule has 0 aliphatic heterocycles. The Bertz CT molecular complexity index is 797. The number of benzene rings is 2. The molecule has 0 aliphatic carbocycles. The first-order chi connectivity index (χ1) is 11.7. The Labute approximate surface area is 146 Å². The van der Waals surface area contributed by atoms with Gasteiger partial charge in [0, 0.05) is 17.8 Å². The summed E-state index contributed by atoms with van der Waals surface area (Å²) in [6.07, 6.45) is 5.14. The maximum atomic E-state index is 12.2. The van der Waals surface area contributed by atoms with Gasteiger partial charge in [-0.2, -0.15) is 5.10 Å². The topological polar surface area (TPSA) is 46.9 Å². The highest BCUT2D eigenvalue weighted by Crippen LogP contribution is 2.13. The third-order valence-electron chi connectivity index (χ3n) is 3.71. The van der Waals surface area contributed by atoms with Crippen molar-refractivity contribution in [3.05, 3.63) is 83.1 Å². The summed E-state index contributed by atoms with van der Waals surface area (Å²) in [6, 6.07) is 17.6. The SMILES string of the molecule is O=C(NCCCc1ccccc1)c1cnn(-c2ccc(Cl)cc2)c1. The van der Waals surface area contributed by atoms with Crippen molar-refractivity contribution in [2.45, 2.75) is 12.8 Å². The highest BCUT2D eigenvalue weighted by molar-refractivity contribution is 6.30. The van der Waals surface area contributed by atoms with Crippen LogP contribution in [-0.4, -0.2) is 22.2 Å². The van der Waals surface area contributed by atoms with Gasteiger partial charge in [0.15, 0.2) is 0 Å². The first-order valence-electron chi connectivity index (χ1n) is 7.85. The molecular weight excluding hydrogens is 322 g/mol. The van der Waals surface area contributed by atoms with Gasteiger partial charge in [-0.1, -0.05) is 41.9 Å². The van der Waals surface area contributed by atoms with Crippen molar-refractivity contribution in [2.24, 2.45) is 0 Å². The quantitative estimate of drug-likeness (QED) is 0.692. The van der Waals surface area contributed by atoms with Crippen molar-refractivity contribution in [1.29, 1.82) is 0 Å². The van der Waals surface area contributed by atoms with E-state index in [0.717, 1.165) is 18.5 Å². The smallest absolute Gasteiger partial charge is 0.254 e. The molecule has 1 heterocycles. The van der Waals surface area contributed by atoms with Crippen molar-refractivity contribution in [3.63, 3.8) is 0 Å². The van der Waals surface area contributed by atoms with Crippen molar-refractivity contribution in [1.82, 2.24) is 15.1 Å². The number of aromatic nitrogens is 2. The van der Waals surface area contributed by atoms with Crippen molar-refractivity contribution in [2.75, 3.05) is 6.54 Å². The molecule has 0 fully saturated rings. The second kappa shape index (κ2) is 7.79. The lowest BCUT2D eigenvalue weighted by atomic mass is 10.1. The molecule has 24 heavy (non-hydrogen) atoms. The molecule has 0 saturated heterocycles. The highest BCUT2D eigenvalue weighted by atomic mass is 35.5. The summed E-state index contributed by atoms with van der Waals surface area (Å²) < 4.78 is 1.66. The molecule has 3 aromatic rings. The zero-order chi connectivity index (χ0) is 16.8. The van der Waals surface area contributed by atoms with Crippen LogP contribution < -0.4 is 5.32 Å². The number of hydrogen-bond acceptors (Lipinski definition) is 2. The van der Waals surface area contributed by atoms with Gasteiger partial charge in [-0.3, -0.25) is 4.79 Å². The number of aryl methyl sites for hydroxylation is 1. The summed E-state index contributed by atoms with van der Waals surface area (Å²) in [4.78, 5) is 12.2. The molecule has 3 rings (SSSR count). The fourth-order valence-electron chi connectivity index (χ4n) is 2.42. The summed E-state index contributed by atoms with van der Waals surface area (Å²) in [6.45, 7) is 0.639. The minimum Gasteiger partial charge on any atom is -0.352 e. The van der Waals surface area contributed by atoms with Gasteiger partial charge in [0.05, 0.1) is 17.4 Å². The van der Waals surface area contributed by atoms with E-state index in [1.807, 2.05) is 30.3 Å². The molecule has 1 amide bonds. The van der Waals surface area contributed by atoms with E-state index in [1.54, 1.807) is 29.2 Å². The van der Waals surface area contributed by atoms with Crippen LogP contribution in [0.5, 0.6) is 0 Å². The second-order valence-electron chi connectivity index (χ2n) is 5.50. The van der Waals surface area contributed by atoms with Crippen LogP contribution in [0, 0.1) is 0 Å². The average molecular weight is 340 g/mol. The van der Waals surface area contributed by atoms with Gasteiger partial charge in [-0.05, 0) is 42.7 Å². The van der Waals surface area contributed by atoms with E-state index in [0.29, 0.717) is 17.1 Å². The Balaban J connectivity index is 1.51. The summed E-state index contributed by atoms with van der Waals surface area (Å²) in [7, 11) is 0. The van der Waals surface area contributed by atoms with E-state index < -0.39 is 0 Å². The van der Waals surface area contributed by atoms with E-state index in [2.05, 4.69) is 22.5 Å². The fourth-order valence-corrected chi connectivity index (χ4v) is 2.54. The van der Waals surface area contributed by atoms with Crippen LogP contribution in [0.4, 0.5) is 0 Å². The largest absolute Gasteiger partial charge is 0.352 e. The molecule has 1 N–H and O–H groups in total. The molecule has 0 bridgehead atoms. The number of hydrogen-bond donors (Lipinski definition) is 1. The first-order valence-corrected chi connectivity index (χ1v) is 8.23. The zero-order valence-corrected chi connectivity index (χ0v) is 13.9. The molecule has 0 saturated carbocycles. The van der Waals surface area contributed by atoms with E-state index >= 15 is 0 Å². The predicted octanol–water partition coefficient (Wildman–Crippen LogP) is 3.89. The molecule has 0 radical (unpaired) electrons. The standard InChI is InChI=1S/C19H18ClN3O/c20-17-8-10-18(11-9-17)23-14-16(13-22-23)19(24)21-12-4-7-15-5-2-1-3-6-15/h1-3,5-6,8-11,13-14H,4,7,12H2,(H,21,24). The van der Waals surface area contributed by atoms with Crippen molar-refractivity contribution < 1.29 is 4.79 Å². The third-order valence-corrected chi connectivity index (χ3v) is 3.96. The molecule has 1 aromatic heterocycles. The third kappa shape index (κ3) is 4.24. The minimum atomic E-state index is -0.108. The highest BCUT2D eigenvalue weighted by Gasteiger charge is 2.08. The zero-order valence-electron chi connectivity index (χ0n) is 13.2. The Hall–Kier alpha value is -2.59. The van der Waals surface area contributed by atoms with Crippen LogP contribution >= 0.6 is 11.6 Å². The maximum absolute atomic E-state index is 12.2. The first kappa shape index (κ1) is 16.3. The summed E-state index contributed by atoms with van der Waals surface area (Å²) in [5.41, 5.74) is 2.69. The maximum Gasteiger partial charge on any atom is 0.254 e. The molecule has 122 valence electrons. The summed E-state index contributed by atoms with van der Waals surface area (Å²) >= 11 is 5.88. The van der Waals surface area contributed by atoms with Gasteiger partial charge >= 0.3 is 0 Å². The molecule has 0 atom stereocenters. The number of nitrogens with zero attached hydrogens (tertiary/aromatic N) is 2. The normalized spacial score (nSPS) is 10.5. The number of amides is 1. The molecule has 5 heteroatoms. The van der Waals surface area contributed by atoms with Gasteiger partial charge in [0.2, 0.25) is 0 Å². The van der Waals surface area contributed by atoms with Gasteiger partial charge in [-0.25, -0.2) is 4.68 Å². The molecule has 2 aromatic carbocycles. The van der Waals surface area contributed by atoms with Crippen molar-refractivity contribution >= 4 is 17.5 Å². The molecular formula is C19H18ClN3O. The lowest BCUT2D eigenvalue weighted by Crippen LogP contribution is -2.24. The van der Waals surface area contributed by atoms with Gasteiger partial charge in [0.25, 0.3) is 5.91 Å². The predicted molar refractivity (Wildman–Crippen MR) is 95.7 cm³/mol. The average Bonchev–Trinajstić information content (AvgIpc) is 3.10. The molecule has 4 nitrogen and oxygen atoms in total. The van der Waals surface area contributed by atoms with Crippen LogP contribution in [0.25, 0.3) is 5.69 Å². The molecule has 0 unspecified atom stereocenters. The lowest BCUT2D eigenvalue weighted by Gasteiger charge is -2.04. The number of nitrogens with one attached hydrogen (secondary N) is 1. The van der Waals surface area contributed by atoms with Crippen LogP contribution in [0.15, 0.2) is 67.0 Å². The number of carbonyl (C=O) groups excluding carboxylic acids is 1. The molecule has 0 aliphatic rings. The Kier molecular flexibility index (Phi) is 5.29.